The second kappa shape index (κ2) is 18.1. The van der Waals surface area contributed by atoms with Crippen LogP contribution in [-0.2, 0) is 12.8 Å². The molecule has 0 saturated carbocycles. The predicted octanol–water partition coefficient (Wildman–Crippen LogP) is 11.8. The Hall–Kier alpha value is -3.08. The zero-order valence-electron chi connectivity index (χ0n) is 32.0. The lowest BCUT2D eigenvalue weighted by Crippen LogP contribution is -2.45. The Morgan fingerprint density at radius 3 is 1.83 bits per heavy atom. The lowest BCUT2D eigenvalue weighted by atomic mass is 9.68. The third kappa shape index (κ3) is 9.76. The van der Waals surface area contributed by atoms with Gasteiger partial charge in [0.2, 0.25) is 0 Å². The molecule has 2 aliphatic carbocycles. The van der Waals surface area contributed by atoms with E-state index in [0.717, 1.165) is 67.4 Å². The molecular formula is C43H63BO4. The predicted molar refractivity (Wildman–Crippen MR) is 204 cm³/mol. The standard InChI is InChI=1S/2C21H30O2.CH3B/c1-5-6-7-8-15-12-18(22)20-16-11-14(2)9-10-17(16)21(3,4)23-19(20)13-15;1-5-6-7-8-16-12-19(22)21(20(23)13-16)18-11-15(4)9-10-17(18)14(2)3;1-2/h11-13,16-17,22H,5-10H2,1-4H3;11-13,17-18,22-23H,2,5-10H2,1,3-4H3;1H3/t;17?,18-;/m.1./s1/i;;1D. The summed E-state index contributed by atoms with van der Waals surface area (Å²) >= 11 is 0. The molecule has 0 bridgehead atoms. The maximum Gasteiger partial charge on any atom is 0.127 e. The highest BCUT2D eigenvalue weighted by atomic mass is 16.5. The first kappa shape index (κ1) is 37.7. The van der Waals surface area contributed by atoms with Crippen LogP contribution in [-0.4, -0.2) is 28.8 Å². The minimum absolute atomic E-state index is 0. The van der Waals surface area contributed by atoms with Crippen LogP contribution in [0.15, 0.2) is 59.7 Å². The van der Waals surface area contributed by atoms with Gasteiger partial charge in [0.1, 0.15) is 28.6 Å². The zero-order valence-corrected chi connectivity index (χ0v) is 31.0. The first-order valence-corrected chi connectivity index (χ1v) is 18.4. The van der Waals surface area contributed by atoms with Crippen LogP contribution >= 0.6 is 0 Å². The second-order valence-corrected chi connectivity index (χ2v) is 14.9. The first-order valence-electron chi connectivity index (χ1n) is 19.1. The van der Waals surface area contributed by atoms with Crippen molar-refractivity contribution in [3.05, 3.63) is 82.0 Å². The second-order valence-electron chi connectivity index (χ2n) is 14.9. The van der Waals surface area contributed by atoms with Gasteiger partial charge in [-0.1, -0.05) is 81.8 Å². The third-order valence-electron chi connectivity index (χ3n) is 10.6. The molecule has 1 aliphatic heterocycles. The van der Waals surface area contributed by atoms with Crippen molar-refractivity contribution in [1.82, 2.24) is 0 Å². The van der Waals surface area contributed by atoms with Gasteiger partial charge >= 0.3 is 0 Å². The number of fused-ring (bicyclic) bond motifs is 3. The highest BCUT2D eigenvalue weighted by Gasteiger charge is 2.45. The summed E-state index contributed by atoms with van der Waals surface area (Å²) in [4.78, 5) is 0. The lowest BCUT2D eigenvalue weighted by Gasteiger charge is -2.46. The van der Waals surface area contributed by atoms with E-state index in [2.05, 4.69) is 74.2 Å². The fourth-order valence-corrected chi connectivity index (χ4v) is 7.95. The van der Waals surface area contributed by atoms with E-state index in [1.807, 2.05) is 25.1 Å². The molecule has 262 valence electrons. The van der Waals surface area contributed by atoms with E-state index in [9.17, 15) is 15.3 Å². The summed E-state index contributed by atoms with van der Waals surface area (Å²) in [6, 6.07) is 7.79. The number of hydrogen-bond donors (Lipinski definition) is 3. The number of phenols is 3. The largest absolute Gasteiger partial charge is 0.507 e. The molecule has 3 N–H and O–H groups in total. The minimum atomic E-state index is -0.177. The van der Waals surface area contributed by atoms with Gasteiger partial charge < -0.3 is 20.1 Å². The van der Waals surface area contributed by atoms with Crippen molar-refractivity contribution in [3.63, 3.8) is 0 Å². The van der Waals surface area contributed by atoms with Gasteiger partial charge in [-0.05, 0) is 127 Å². The summed E-state index contributed by atoms with van der Waals surface area (Å²) in [5.74, 6) is 2.78. The molecule has 0 aromatic heterocycles. The molecule has 5 rings (SSSR count). The molecule has 3 aliphatic rings. The van der Waals surface area contributed by atoms with Crippen LogP contribution in [0.1, 0.15) is 148 Å². The number of unbranched alkanes of at least 4 members (excludes halogenated alkanes) is 4. The average Bonchev–Trinajstić information content (AvgIpc) is 3.01. The van der Waals surface area contributed by atoms with E-state index in [0.29, 0.717) is 17.2 Å². The summed E-state index contributed by atoms with van der Waals surface area (Å²) in [6.45, 7) is 19.3. The van der Waals surface area contributed by atoms with Crippen molar-refractivity contribution in [2.75, 3.05) is 0 Å². The molecule has 2 aromatic carbocycles. The van der Waals surface area contributed by atoms with E-state index in [-0.39, 0.29) is 41.7 Å². The lowest BCUT2D eigenvalue weighted by molar-refractivity contribution is 0.0107. The van der Waals surface area contributed by atoms with Crippen LogP contribution < -0.4 is 4.74 Å². The SMILES string of the molecule is C=C(C)C1CCC(C)=C[C@H]1c1c(O)cc(CCCCC)cc1O.CCCCCc1cc(O)c2c(c1)OC(C)(C)C1CCC(C)=CC21.[2H]C[B]. The van der Waals surface area contributed by atoms with Crippen molar-refractivity contribution in [3.8, 4) is 23.0 Å². The zero-order chi connectivity index (χ0) is 36.3. The molecule has 2 aromatic rings. The first-order chi connectivity index (χ1) is 23.3. The average molecular weight is 656 g/mol. The maximum absolute atomic E-state index is 10.7. The van der Waals surface area contributed by atoms with Gasteiger partial charge in [0.25, 0.3) is 0 Å². The maximum atomic E-state index is 10.7. The molecule has 2 radical (unpaired) electrons. The van der Waals surface area contributed by atoms with Crippen LogP contribution in [0.2, 0.25) is 6.80 Å². The topological polar surface area (TPSA) is 69.9 Å². The number of ether oxygens (including phenoxy) is 1. The van der Waals surface area contributed by atoms with Gasteiger partial charge in [0.05, 0.1) is 7.85 Å². The van der Waals surface area contributed by atoms with Crippen molar-refractivity contribution in [2.24, 2.45) is 11.8 Å². The molecule has 5 heteroatoms. The molecule has 0 fully saturated rings. The van der Waals surface area contributed by atoms with E-state index in [1.165, 1.54) is 48.8 Å². The minimum Gasteiger partial charge on any atom is -0.507 e. The van der Waals surface area contributed by atoms with Crippen LogP contribution in [0.3, 0.4) is 0 Å². The highest BCUT2D eigenvalue weighted by molar-refractivity contribution is 6.05. The van der Waals surface area contributed by atoms with Crippen molar-refractivity contribution in [1.29, 1.82) is 0 Å². The molecule has 1 heterocycles. The Morgan fingerprint density at radius 1 is 0.833 bits per heavy atom. The Morgan fingerprint density at radius 2 is 1.31 bits per heavy atom. The van der Waals surface area contributed by atoms with Gasteiger partial charge in [0, 0.05) is 30.3 Å². The van der Waals surface area contributed by atoms with Crippen molar-refractivity contribution in [2.45, 2.75) is 150 Å². The summed E-state index contributed by atoms with van der Waals surface area (Å²) in [5.41, 5.74) is 7.57. The van der Waals surface area contributed by atoms with E-state index in [1.54, 1.807) is 0 Å². The number of phenolic OH excluding ortho intramolecular Hbond substituents is 3. The molecule has 3 unspecified atom stereocenters. The number of aromatic hydroxyl groups is 3. The van der Waals surface area contributed by atoms with E-state index >= 15 is 0 Å². The quantitative estimate of drug-likeness (QED) is 0.135. The molecular weight excluding hydrogens is 591 g/mol. The van der Waals surface area contributed by atoms with Gasteiger partial charge in [-0.15, -0.1) is 0 Å². The molecule has 0 amide bonds. The molecule has 4 atom stereocenters. The molecule has 48 heavy (non-hydrogen) atoms. The Labute approximate surface area is 295 Å². The number of hydrogen-bond acceptors (Lipinski definition) is 4. The van der Waals surface area contributed by atoms with Crippen molar-refractivity contribution < 1.29 is 21.4 Å². The monoisotopic (exact) mass is 655 g/mol. The fraction of sp³-hybridized carbons (Fsp3) is 0.581. The van der Waals surface area contributed by atoms with Crippen molar-refractivity contribution >= 4 is 7.85 Å². The molecule has 4 nitrogen and oxygen atoms in total. The Bertz CT molecular complexity index is 1430. The van der Waals surface area contributed by atoms with Gasteiger partial charge in [-0.2, -0.15) is 0 Å². The highest BCUT2D eigenvalue weighted by Crippen LogP contribution is 2.53. The fourth-order valence-electron chi connectivity index (χ4n) is 7.95. The smallest absolute Gasteiger partial charge is 0.127 e. The summed E-state index contributed by atoms with van der Waals surface area (Å²) < 4.78 is 12.3. The van der Waals surface area contributed by atoms with Crippen LogP contribution in [0.4, 0.5) is 0 Å². The summed E-state index contributed by atoms with van der Waals surface area (Å²) in [7, 11) is 4.51. The van der Waals surface area contributed by atoms with Gasteiger partial charge in [-0.3, -0.25) is 0 Å². The molecule has 0 spiro atoms. The summed E-state index contributed by atoms with van der Waals surface area (Å²) in [5, 5.41) is 31.8. The van der Waals surface area contributed by atoms with Gasteiger partial charge in [0.15, 0.2) is 0 Å². The normalized spacial score (nSPS) is 22.5. The number of rotatable bonds is 10. The Kier molecular flexibility index (Phi) is 14.2. The van der Waals surface area contributed by atoms with Crippen LogP contribution in [0, 0.1) is 11.8 Å². The number of benzene rings is 2. The van der Waals surface area contributed by atoms with Crippen LogP contribution in [0.5, 0.6) is 23.0 Å². The Balaban J connectivity index is 0.000000246. The van der Waals surface area contributed by atoms with E-state index < -0.39 is 0 Å². The number of allylic oxidation sites excluding steroid dienone is 5. The van der Waals surface area contributed by atoms with Crippen LogP contribution in [0.25, 0.3) is 0 Å². The van der Waals surface area contributed by atoms with E-state index in [4.69, 9.17) is 6.11 Å². The third-order valence-corrected chi connectivity index (χ3v) is 10.6. The molecule has 0 saturated heterocycles. The summed E-state index contributed by atoms with van der Waals surface area (Å²) in [6.07, 6.45) is 17.9. The number of aryl methyl sites for hydroxylation is 2. The van der Waals surface area contributed by atoms with Gasteiger partial charge in [-0.25, -0.2) is 0 Å².